The lowest BCUT2D eigenvalue weighted by molar-refractivity contribution is 0.399. The highest BCUT2D eigenvalue weighted by atomic mass is 16.2. The molecule has 0 aliphatic carbocycles. The number of rotatable bonds is 0. The maximum Gasteiger partial charge on any atom is 0.0319 e. The summed E-state index contributed by atoms with van der Waals surface area (Å²) in [6.45, 7) is 0. The molecule has 2 N–H and O–H groups in total. The number of hydrogen-bond acceptors (Lipinski definition) is 2. The molecule has 0 amide bonds. The maximum absolute atomic E-state index is 7.00. The summed E-state index contributed by atoms with van der Waals surface area (Å²) in [7, 11) is 2.00. The SMILES string of the molecule is C.CO.CO. The first-order valence-corrected chi connectivity index (χ1v) is 0.894. The van der Waals surface area contributed by atoms with Crippen LogP contribution < -0.4 is 0 Å². The summed E-state index contributed by atoms with van der Waals surface area (Å²) in [4.78, 5) is 0. The molecule has 0 saturated carbocycles. The average Bonchev–Trinajstić information content (AvgIpc) is 1.50. The van der Waals surface area contributed by atoms with Crippen molar-refractivity contribution >= 4 is 0 Å². The fraction of sp³-hybridized carbons (Fsp3) is 1.00. The van der Waals surface area contributed by atoms with Crippen LogP contribution in [0.4, 0.5) is 0 Å². The van der Waals surface area contributed by atoms with Crippen LogP contribution in [0.1, 0.15) is 7.43 Å². The Bertz CT molecular complexity index is 4.85. The van der Waals surface area contributed by atoms with Gasteiger partial charge in [-0.05, 0) is 0 Å². The maximum atomic E-state index is 7.00. The van der Waals surface area contributed by atoms with Crippen LogP contribution in [0.15, 0.2) is 0 Å². The molecular formula is C3H12O2. The van der Waals surface area contributed by atoms with Gasteiger partial charge >= 0.3 is 0 Å². The number of aliphatic hydroxyl groups excluding tert-OH is 2. The van der Waals surface area contributed by atoms with E-state index in [2.05, 4.69) is 0 Å². The lowest BCUT2D eigenvalue weighted by Gasteiger charge is -1.21. The topological polar surface area (TPSA) is 40.5 Å². The first-order valence-electron chi connectivity index (χ1n) is 0.894. The predicted molar refractivity (Wildman–Crippen MR) is 23.0 cm³/mol. The summed E-state index contributed by atoms with van der Waals surface area (Å²) < 4.78 is 0. The molecule has 0 fully saturated rings. The molecule has 2 heteroatoms. The smallest absolute Gasteiger partial charge is 0.0319 e. The summed E-state index contributed by atoms with van der Waals surface area (Å²) in [6, 6.07) is 0. The van der Waals surface area contributed by atoms with E-state index in [1.807, 2.05) is 0 Å². The van der Waals surface area contributed by atoms with Crippen molar-refractivity contribution in [3.05, 3.63) is 0 Å². The largest absolute Gasteiger partial charge is 0.400 e. The average molecular weight is 80.1 g/mol. The van der Waals surface area contributed by atoms with Crippen molar-refractivity contribution in [2.75, 3.05) is 14.2 Å². The van der Waals surface area contributed by atoms with Gasteiger partial charge in [0.25, 0.3) is 0 Å². The second kappa shape index (κ2) is 5220. The minimum Gasteiger partial charge on any atom is -0.400 e. The molecule has 5 heavy (non-hydrogen) atoms. The van der Waals surface area contributed by atoms with Crippen molar-refractivity contribution in [3.8, 4) is 0 Å². The van der Waals surface area contributed by atoms with E-state index >= 15 is 0 Å². The standard InChI is InChI=1S/2CH4O.CH4/c2*1-2;/h2*2H,1H3;1H4. The van der Waals surface area contributed by atoms with Crippen LogP contribution in [0.2, 0.25) is 0 Å². The fourth-order valence-electron chi connectivity index (χ4n) is 0. The zero-order valence-corrected chi connectivity index (χ0v) is 2.89. The van der Waals surface area contributed by atoms with Gasteiger partial charge in [-0.1, -0.05) is 7.43 Å². The van der Waals surface area contributed by atoms with E-state index in [-0.39, 0.29) is 7.43 Å². The van der Waals surface area contributed by atoms with Crippen molar-refractivity contribution in [1.29, 1.82) is 0 Å². The van der Waals surface area contributed by atoms with E-state index in [0.717, 1.165) is 14.2 Å². The highest BCUT2D eigenvalue weighted by Gasteiger charge is 0.841. The van der Waals surface area contributed by atoms with Crippen LogP contribution >= 0.6 is 0 Å². The third-order valence-corrected chi connectivity index (χ3v) is 0. The second-order valence-corrected chi connectivity index (χ2v) is 0. The number of aliphatic hydroxyl groups is 2. The summed E-state index contributed by atoms with van der Waals surface area (Å²) >= 11 is 0. The Hall–Kier alpha value is -0.0800. The molecule has 0 bridgehead atoms. The van der Waals surface area contributed by atoms with Gasteiger partial charge in [-0.2, -0.15) is 0 Å². The van der Waals surface area contributed by atoms with Crippen LogP contribution in [-0.4, -0.2) is 24.4 Å². The van der Waals surface area contributed by atoms with Crippen molar-refractivity contribution in [2.45, 2.75) is 7.43 Å². The van der Waals surface area contributed by atoms with E-state index in [1.54, 1.807) is 0 Å². The Morgan fingerprint density at radius 2 is 0.800 bits per heavy atom. The van der Waals surface area contributed by atoms with E-state index in [9.17, 15) is 0 Å². The van der Waals surface area contributed by atoms with Gasteiger partial charge in [0.05, 0.1) is 0 Å². The Morgan fingerprint density at radius 3 is 0.800 bits per heavy atom. The fourth-order valence-corrected chi connectivity index (χ4v) is 0. The third kappa shape index (κ3) is 2260. The van der Waals surface area contributed by atoms with E-state index in [0.29, 0.717) is 0 Å². The number of hydrogen-bond donors (Lipinski definition) is 2. The third-order valence-electron chi connectivity index (χ3n) is 0. The Balaban J connectivity index is -0.0000000133. The van der Waals surface area contributed by atoms with E-state index in [4.69, 9.17) is 10.2 Å². The summed E-state index contributed by atoms with van der Waals surface area (Å²) in [5.41, 5.74) is 0. The van der Waals surface area contributed by atoms with Crippen LogP contribution in [0.25, 0.3) is 0 Å². The highest BCUT2D eigenvalue weighted by Crippen LogP contribution is 0.757. The van der Waals surface area contributed by atoms with Gasteiger partial charge in [0, 0.05) is 14.2 Å². The van der Waals surface area contributed by atoms with Gasteiger partial charge < -0.3 is 10.2 Å². The predicted octanol–water partition coefficient (Wildman–Crippen LogP) is -0.147. The minimum atomic E-state index is 0. The molecule has 0 saturated heterocycles. The molecule has 0 aromatic rings. The van der Waals surface area contributed by atoms with Crippen molar-refractivity contribution in [1.82, 2.24) is 0 Å². The Morgan fingerprint density at radius 1 is 0.800 bits per heavy atom. The monoisotopic (exact) mass is 80.1 g/mol. The summed E-state index contributed by atoms with van der Waals surface area (Å²) in [5, 5.41) is 14.0. The Labute approximate surface area is 33.1 Å². The van der Waals surface area contributed by atoms with Gasteiger partial charge in [0.15, 0.2) is 0 Å². The van der Waals surface area contributed by atoms with Gasteiger partial charge in [-0.15, -0.1) is 0 Å². The molecule has 0 atom stereocenters. The molecular weight excluding hydrogens is 68.0 g/mol. The minimum absolute atomic E-state index is 0. The normalized spacial score (nSPS) is 2.40. The van der Waals surface area contributed by atoms with Crippen LogP contribution in [0.3, 0.4) is 0 Å². The van der Waals surface area contributed by atoms with Crippen LogP contribution in [0, 0.1) is 0 Å². The second-order valence-electron chi connectivity index (χ2n) is 0. The lowest BCUT2D eigenvalue weighted by atomic mass is 11.8. The van der Waals surface area contributed by atoms with E-state index in [1.165, 1.54) is 0 Å². The van der Waals surface area contributed by atoms with E-state index < -0.39 is 0 Å². The van der Waals surface area contributed by atoms with Crippen LogP contribution in [0.5, 0.6) is 0 Å². The molecule has 0 aromatic heterocycles. The molecule has 0 rings (SSSR count). The van der Waals surface area contributed by atoms with Gasteiger partial charge in [-0.25, -0.2) is 0 Å². The van der Waals surface area contributed by atoms with Crippen LogP contribution in [-0.2, 0) is 0 Å². The quantitative estimate of drug-likeness (QED) is 0.425. The zero-order valence-electron chi connectivity index (χ0n) is 2.89. The molecule has 0 aliphatic rings. The highest BCUT2D eigenvalue weighted by molar-refractivity contribution is 3.18. The van der Waals surface area contributed by atoms with Gasteiger partial charge in [-0.3, -0.25) is 0 Å². The van der Waals surface area contributed by atoms with Crippen molar-refractivity contribution < 1.29 is 10.2 Å². The van der Waals surface area contributed by atoms with Crippen molar-refractivity contribution in [2.24, 2.45) is 0 Å². The van der Waals surface area contributed by atoms with Gasteiger partial charge in [0.2, 0.25) is 0 Å². The van der Waals surface area contributed by atoms with Crippen molar-refractivity contribution in [3.63, 3.8) is 0 Å². The molecule has 0 aromatic carbocycles. The molecule has 0 heterocycles. The lowest BCUT2D eigenvalue weighted by Crippen LogP contribution is -1.25. The molecule has 2 nitrogen and oxygen atoms in total. The summed E-state index contributed by atoms with van der Waals surface area (Å²) in [6.07, 6.45) is 0. The molecule has 0 unspecified atom stereocenters. The first kappa shape index (κ1) is 20.5. The Kier molecular flexibility index (Phi) is 21400. The van der Waals surface area contributed by atoms with Gasteiger partial charge in [0.1, 0.15) is 0 Å². The first-order chi connectivity index (χ1) is 2.00. The zero-order chi connectivity index (χ0) is 4.00. The molecule has 0 spiro atoms. The molecule has 0 aliphatic heterocycles. The molecule has 36 valence electrons. The molecule has 0 radical (unpaired) electrons. The summed E-state index contributed by atoms with van der Waals surface area (Å²) in [5.74, 6) is 0.